The van der Waals surface area contributed by atoms with Gasteiger partial charge < -0.3 is 11.1 Å². The Kier molecular flexibility index (Phi) is 5.33. The van der Waals surface area contributed by atoms with Crippen LogP contribution in [0.5, 0.6) is 0 Å². The molecule has 112 valence electrons. The van der Waals surface area contributed by atoms with Crippen LogP contribution in [0.2, 0.25) is 5.02 Å². The normalized spacial score (nSPS) is 10.6. The number of hydrogen-bond donors (Lipinski definition) is 2. The summed E-state index contributed by atoms with van der Waals surface area (Å²) in [6.45, 7) is 0. The molecule has 0 aliphatic carbocycles. The number of rotatable bonds is 5. The molecular weight excluding hydrogens is 300 g/mol. The Balaban J connectivity index is 1.97. The fraction of sp³-hybridized carbons (Fsp3) is 0.0588. The van der Waals surface area contributed by atoms with E-state index in [4.69, 9.17) is 17.3 Å². The highest BCUT2D eigenvalue weighted by atomic mass is 35.5. The van der Waals surface area contributed by atoms with Gasteiger partial charge in [-0.15, -0.1) is 0 Å². The van der Waals surface area contributed by atoms with Crippen molar-refractivity contribution in [1.29, 1.82) is 0 Å². The molecule has 0 aliphatic heterocycles. The highest BCUT2D eigenvalue weighted by molar-refractivity contribution is 6.32. The quantitative estimate of drug-likeness (QED) is 0.833. The first-order valence-electron chi connectivity index (χ1n) is 6.65. The number of benzene rings is 2. The summed E-state index contributed by atoms with van der Waals surface area (Å²) in [5.41, 5.74) is 7.34. The molecule has 0 saturated carbocycles. The number of carbonyl (C=O) groups excluding carboxylic acids is 2. The fourth-order valence-corrected chi connectivity index (χ4v) is 2.07. The lowest BCUT2D eigenvalue weighted by Crippen LogP contribution is -2.13. The molecule has 0 saturated heterocycles. The molecule has 2 aromatic carbocycles. The summed E-state index contributed by atoms with van der Waals surface area (Å²) >= 11 is 6.01. The predicted molar refractivity (Wildman–Crippen MR) is 88.5 cm³/mol. The monoisotopic (exact) mass is 314 g/mol. The van der Waals surface area contributed by atoms with Crippen molar-refractivity contribution >= 4 is 35.2 Å². The number of anilines is 1. The number of hydrogen-bond acceptors (Lipinski definition) is 2. The van der Waals surface area contributed by atoms with Gasteiger partial charge in [0.05, 0.1) is 6.42 Å². The Morgan fingerprint density at radius 1 is 1.09 bits per heavy atom. The molecule has 0 radical (unpaired) electrons. The summed E-state index contributed by atoms with van der Waals surface area (Å²) in [7, 11) is 0. The van der Waals surface area contributed by atoms with Crippen molar-refractivity contribution in [3.8, 4) is 0 Å². The number of nitrogens with two attached hydrogens (primary N) is 1. The van der Waals surface area contributed by atoms with Crippen molar-refractivity contribution in [2.45, 2.75) is 6.42 Å². The molecule has 0 unspecified atom stereocenters. The second-order valence-electron chi connectivity index (χ2n) is 4.68. The largest absolute Gasteiger partial charge is 0.369 e. The zero-order valence-electron chi connectivity index (χ0n) is 11.8. The van der Waals surface area contributed by atoms with E-state index in [9.17, 15) is 9.59 Å². The third kappa shape index (κ3) is 4.75. The number of carbonyl (C=O) groups is 2. The van der Waals surface area contributed by atoms with Crippen molar-refractivity contribution in [3.63, 3.8) is 0 Å². The minimum atomic E-state index is -0.389. The zero-order valence-corrected chi connectivity index (χ0v) is 12.5. The molecule has 2 rings (SSSR count). The van der Waals surface area contributed by atoms with E-state index in [1.54, 1.807) is 36.4 Å². The predicted octanol–water partition coefficient (Wildman–Crippen LogP) is 3.02. The summed E-state index contributed by atoms with van der Waals surface area (Å²) in [6, 6.07) is 14.2. The van der Waals surface area contributed by atoms with Crippen molar-refractivity contribution in [1.82, 2.24) is 0 Å². The van der Waals surface area contributed by atoms with E-state index >= 15 is 0 Å². The highest BCUT2D eigenvalue weighted by Gasteiger charge is 2.01. The van der Waals surface area contributed by atoms with Gasteiger partial charge in [0.15, 0.2) is 0 Å². The number of halogens is 1. The van der Waals surface area contributed by atoms with Gasteiger partial charge in [0.1, 0.15) is 0 Å². The van der Waals surface area contributed by atoms with Crippen LogP contribution in [0.25, 0.3) is 6.08 Å². The summed E-state index contributed by atoms with van der Waals surface area (Å²) in [4.78, 5) is 22.7. The molecule has 0 heterocycles. The molecule has 4 nitrogen and oxygen atoms in total. The minimum absolute atomic E-state index is 0.181. The van der Waals surface area contributed by atoms with Crippen LogP contribution in [0.4, 0.5) is 5.69 Å². The molecule has 0 aromatic heterocycles. The average Bonchev–Trinajstić information content (AvgIpc) is 2.48. The van der Waals surface area contributed by atoms with Gasteiger partial charge in [0.25, 0.3) is 0 Å². The van der Waals surface area contributed by atoms with E-state index < -0.39 is 0 Å². The van der Waals surface area contributed by atoms with Crippen LogP contribution in [0.15, 0.2) is 54.6 Å². The lowest BCUT2D eigenvalue weighted by molar-refractivity contribution is -0.117. The van der Waals surface area contributed by atoms with Gasteiger partial charge in [-0.1, -0.05) is 41.9 Å². The van der Waals surface area contributed by atoms with Crippen LogP contribution in [0.1, 0.15) is 11.1 Å². The van der Waals surface area contributed by atoms with Crippen LogP contribution < -0.4 is 11.1 Å². The van der Waals surface area contributed by atoms with Gasteiger partial charge in [-0.25, -0.2) is 0 Å². The lowest BCUT2D eigenvalue weighted by Gasteiger charge is -2.04. The van der Waals surface area contributed by atoms with Crippen LogP contribution in [-0.2, 0) is 16.0 Å². The van der Waals surface area contributed by atoms with E-state index in [0.717, 1.165) is 11.1 Å². The fourth-order valence-electron chi connectivity index (χ4n) is 1.87. The maximum atomic E-state index is 11.8. The Morgan fingerprint density at radius 3 is 2.41 bits per heavy atom. The maximum Gasteiger partial charge on any atom is 0.248 e. The smallest absolute Gasteiger partial charge is 0.248 e. The molecule has 5 heteroatoms. The number of amides is 2. The second kappa shape index (κ2) is 7.43. The summed E-state index contributed by atoms with van der Waals surface area (Å²) in [5.74, 6) is -0.651. The molecule has 0 aliphatic rings. The van der Waals surface area contributed by atoms with E-state index in [1.807, 2.05) is 18.2 Å². The zero-order chi connectivity index (χ0) is 15.9. The maximum absolute atomic E-state index is 11.8. The second-order valence-corrected chi connectivity index (χ2v) is 5.09. The van der Waals surface area contributed by atoms with Gasteiger partial charge in [0, 0.05) is 16.8 Å². The Labute approximate surface area is 133 Å². The lowest BCUT2D eigenvalue weighted by atomic mass is 10.1. The summed E-state index contributed by atoms with van der Waals surface area (Å²) < 4.78 is 0. The average molecular weight is 315 g/mol. The number of primary amides is 1. The molecule has 0 spiro atoms. The third-order valence-electron chi connectivity index (χ3n) is 2.92. The molecule has 0 atom stereocenters. The van der Waals surface area contributed by atoms with Crippen LogP contribution in [0, 0.1) is 0 Å². The Morgan fingerprint density at radius 2 is 1.77 bits per heavy atom. The molecule has 2 aromatic rings. The van der Waals surface area contributed by atoms with Gasteiger partial charge in [-0.2, -0.15) is 0 Å². The third-order valence-corrected chi connectivity index (χ3v) is 3.26. The van der Waals surface area contributed by atoms with Crippen LogP contribution in [-0.4, -0.2) is 11.8 Å². The molecule has 0 bridgehead atoms. The Bertz CT molecular complexity index is 709. The molecule has 0 fully saturated rings. The first-order valence-corrected chi connectivity index (χ1v) is 7.03. The van der Waals surface area contributed by atoms with Crippen molar-refractivity contribution in [3.05, 3.63) is 70.8 Å². The van der Waals surface area contributed by atoms with Crippen LogP contribution >= 0.6 is 11.6 Å². The Hall–Kier alpha value is -2.59. The van der Waals surface area contributed by atoms with Crippen LogP contribution in [0.3, 0.4) is 0 Å². The van der Waals surface area contributed by atoms with Gasteiger partial charge in [-0.05, 0) is 35.4 Å². The van der Waals surface area contributed by atoms with Gasteiger partial charge in [-0.3, -0.25) is 9.59 Å². The van der Waals surface area contributed by atoms with E-state index in [1.165, 1.54) is 6.08 Å². The minimum Gasteiger partial charge on any atom is -0.369 e. The summed E-state index contributed by atoms with van der Waals surface area (Å²) in [6.07, 6.45) is 3.25. The van der Waals surface area contributed by atoms with Gasteiger partial charge >= 0.3 is 0 Å². The number of nitrogens with one attached hydrogen (secondary N) is 1. The van der Waals surface area contributed by atoms with Crippen molar-refractivity contribution in [2.75, 3.05) is 5.32 Å². The van der Waals surface area contributed by atoms with E-state index in [2.05, 4.69) is 5.32 Å². The standard InChI is InChI=1S/C17H15ClN2O2/c18-15-4-2-1-3-13(15)7-10-17(22)20-14-8-5-12(6-9-14)11-16(19)21/h1-10H,11H2,(H2,19,21)(H,20,22)/b10-7+. The molecule has 2 amide bonds. The molecule has 22 heavy (non-hydrogen) atoms. The van der Waals surface area contributed by atoms with Gasteiger partial charge in [0.2, 0.25) is 11.8 Å². The highest BCUT2D eigenvalue weighted by Crippen LogP contribution is 2.16. The summed E-state index contributed by atoms with van der Waals surface area (Å²) in [5, 5.41) is 3.31. The first-order chi connectivity index (χ1) is 10.5. The van der Waals surface area contributed by atoms with Crippen molar-refractivity contribution < 1.29 is 9.59 Å². The molecule has 3 N–H and O–H groups in total. The first kappa shape index (κ1) is 15.8. The van der Waals surface area contributed by atoms with E-state index in [0.29, 0.717) is 10.7 Å². The topological polar surface area (TPSA) is 72.2 Å². The van der Waals surface area contributed by atoms with Crippen molar-refractivity contribution in [2.24, 2.45) is 5.73 Å². The van der Waals surface area contributed by atoms with E-state index in [-0.39, 0.29) is 18.2 Å². The SMILES string of the molecule is NC(=O)Cc1ccc(NC(=O)/C=C/c2ccccc2Cl)cc1. The molecular formula is C17H15ClN2O2.